The molecule has 42 heavy (non-hydrogen) atoms. The molecule has 9 nitrogen and oxygen atoms in total. The van der Waals surface area contributed by atoms with E-state index in [2.05, 4.69) is 0 Å². The molecule has 4 aliphatic rings. The van der Waals surface area contributed by atoms with Crippen LogP contribution in [-0.2, 0) is 19.1 Å². The first-order chi connectivity index (χ1) is 20.3. The van der Waals surface area contributed by atoms with Gasteiger partial charge in [0, 0.05) is 31.9 Å². The van der Waals surface area contributed by atoms with Crippen LogP contribution in [0.15, 0.2) is 66.8 Å². The van der Waals surface area contributed by atoms with Crippen molar-refractivity contribution in [3.63, 3.8) is 0 Å². The lowest BCUT2D eigenvalue weighted by Crippen LogP contribution is -2.55. The molecule has 0 radical (unpaired) electrons. The average Bonchev–Trinajstić information content (AvgIpc) is 3.28. The van der Waals surface area contributed by atoms with Crippen LogP contribution >= 0.6 is 11.6 Å². The first-order valence-electron chi connectivity index (χ1n) is 14.4. The Morgan fingerprint density at radius 1 is 1.02 bits per heavy atom. The van der Waals surface area contributed by atoms with Gasteiger partial charge >= 0.3 is 0 Å². The number of hydrogen-bond donors (Lipinski definition) is 1. The summed E-state index contributed by atoms with van der Waals surface area (Å²) in [7, 11) is 0. The van der Waals surface area contributed by atoms with Gasteiger partial charge in [-0.05, 0) is 56.2 Å². The number of aliphatic hydroxyl groups is 1. The Morgan fingerprint density at radius 3 is 2.50 bits per heavy atom. The van der Waals surface area contributed by atoms with Gasteiger partial charge in [-0.15, -0.1) is 0 Å². The molecule has 1 N–H and O–H groups in total. The minimum absolute atomic E-state index is 0.147. The number of nitrogens with zero attached hydrogens (tertiary/aromatic N) is 3. The number of likely N-dealkylation sites (tertiary alicyclic amines) is 1. The number of halogens is 1. The Kier molecular flexibility index (Phi) is 7.59. The average molecular weight is 592 g/mol. The fourth-order valence-electron chi connectivity index (χ4n) is 6.90. The maximum Gasteiger partial charge on any atom is 0.253 e. The molecule has 0 aliphatic carbocycles. The van der Waals surface area contributed by atoms with Gasteiger partial charge in [0.2, 0.25) is 11.8 Å². The molecule has 4 aliphatic heterocycles. The maximum absolute atomic E-state index is 14.5. The van der Waals surface area contributed by atoms with Crippen molar-refractivity contribution in [3.05, 3.63) is 77.4 Å². The summed E-state index contributed by atoms with van der Waals surface area (Å²) in [5.41, 5.74) is 0.727. The van der Waals surface area contributed by atoms with Gasteiger partial charge in [-0.25, -0.2) is 0 Å². The molecule has 5 atom stereocenters. The molecule has 10 heteroatoms. The van der Waals surface area contributed by atoms with Crippen molar-refractivity contribution in [3.8, 4) is 5.75 Å². The number of rotatable bonds is 7. The molecule has 2 saturated heterocycles. The van der Waals surface area contributed by atoms with Crippen LogP contribution in [0.4, 0.5) is 11.4 Å². The van der Waals surface area contributed by atoms with Gasteiger partial charge in [-0.3, -0.25) is 14.4 Å². The van der Waals surface area contributed by atoms with Gasteiger partial charge < -0.3 is 29.3 Å². The SMILES string of the molecule is CCOc1ccc(N2CC=C[C@@H]3O[C@]45C=CCN(c6c(C)cccc6Cl)C(=O)C4N(CCCO)C(=O)[C@@H]5[C@@H]3C2=O)cc1. The van der Waals surface area contributed by atoms with Crippen LogP contribution in [0.2, 0.25) is 5.02 Å². The van der Waals surface area contributed by atoms with Crippen LogP contribution in [0.25, 0.3) is 0 Å². The summed E-state index contributed by atoms with van der Waals surface area (Å²) in [6.45, 7) is 4.89. The normalized spacial score (nSPS) is 28.5. The third kappa shape index (κ3) is 4.42. The third-order valence-corrected chi connectivity index (χ3v) is 8.94. The number of anilines is 2. The fourth-order valence-corrected chi connectivity index (χ4v) is 7.23. The third-order valence-electron chi connectivity index (χ3n) is 8.63. The summed E-state index contributed by atoms with van der Waals surface area (Å²) in [6.07, 6.45) is 6.95. The number of aryl methyl sites for hydroxylation is 1. The van der Waals surface area contributed by atoms with Crippen molar-refractivity contribution in [2.24, 2.45) is 11.8 Å². The summed E-state index contributed by atoms with van der Waals surface area (Å²) in [6, 6.07) is 11.7. The van der Waals surface area contributed by atoms with E-state index in [1.165, 1.54) is 4.90 Å². The van der Waals surface area contributed by atoms with Crippen LogP contribution in [0.5, 0.6) is 5.75 Å². The lowest BCUT2D eigenvalue weighted by molar-refractivity contribution is -0.140. The molecule has 0 bridgehead atoms. The number of para-hydroxylation sites is 1. The van der Waals surface area contributed by atoms with E-state index in [0.29, 0.717) is 35.3 Å². The van der Waals surface area contributed by atoms with E-state index < -0.39 is 29.6 Å². The lowest BCUT2D eigenvalue weighted by Gasteiger charge is -2.35. The minimum Gasteiger partial charge on any atom is -0.494 e. The molecular weight excluding hydrogens is 558 g/mol. The van der Waals surface area contributed by atoms with Crippen molar-refractivity contribution in [1.82, 2.24) is 4.90 Å². The summed E-state index contributed by atoms with van der Waals surface area (Å²) in [5.74, 6) is -1.95. The minimum atomic E-state index is -1.36. The Morgan fingerprint density at radius 2 is 1.79 bits per heavy atom. The second-order valence-electron chi connectivity index (χ2n) is 11.0. The van der Waals surface area contributed by atoms with Gasteiger partial charge in [0.1, 0.15) is 17.4 Å². The highest BCUT2D eigenvalue weighted by atomic mass is 35.5. The zero-order chi connectivity index (χ0) is 29.6. The van der Waals surface area contributed by atoms with Crippen molar-refractivity contribution in [2.75, 3.05) is 42.6 Å². The number of benzene rings is 2. The molecular formula is C32H34ClN3O6. The van der Waals surface area contributed by atoms with Crippen LogP contribution in [-0.4, -0.2) is 78.3 Å². The highest BCUT2D eigenvalue weighted by Gasteiger charge is 2.71. The topological polar surface area (TPSA) is 99.6 Å². The van der Waals surface area contributed by atoms with E-state index in [1.807, 2.05) is 68.5 Å². The molecule has 2 aromatic rings. The summed E-state index contributed by atoms with van der Waals surface area (Å²) < 4.78 is 12.3. The number of ether oxygens (including phenoxy) is 2. The molecule has 4 heterocycles. The Bertz CT molecular complexity index is 1440. The zero-order valence-electron chi connectivity index (χ0n) is 23.6. The van der Waals surface area contributed by atoms with Gasteiger partial charge in [-0.1, -0.05) is 48.0 Å². The van der Waals surface area contributed by atoms with Crippen LogP contribution in [0.1, 0.15) is 18.9 Å². The molecule has 220 valence electrons. The van der Waals surface area contributed by atoms with Crippen molar-refractivity contribution >= 4 is 40.7 Å². The largest absolute Gasteiger partial charge is 0.494 e. The van der Waals surface area contributed by atoms with E-state index >= 15 is 0 Å². The van der Waals surface area contributed by atoms with Gasteiger partial charge in [0.15, 0.2) is 0 Å². The monoisotopic (exact) mass is 591 g/mol. The smallest absolute Gasteiger partial charge is 0.253 e. The maximum atomic E-state index is 14.5. The summed E-state index contributed by atoms with van der Waals surface area (Å²) in [5, 5.41) is 10.1. The Balaban J connectivity index is 1.41. The van der Waals surface area contributed by atoms with Crippen LogP contribution < -0.4 is 14.5 Å². The van der Waals surface area contributed by atoms with E-state index in [9.17, 15) is 19.5 Å². The summed E-state index contributed by atoms with van der Waals surface area (Å²) in [4.78, 5) is 47.8. The van der Waals surface area contributed by atoms with E-state index in [4.69, 9.17) is 21.1 Å². The zero-order valence-corrected chi connectivity index (χ0v) is 24.4. The number of carbonyl (C=O) groups excluding carboxylic acids is 3. The molecule has 0 aromatic heterocycles. The predicted octanol–water partition coefficient (Wildman–Crippen LogP) is 3.52. The van der Waals surface area contributed by atoms with Gasteiger partial charge in [0.05, 0.1) is 35.3 Å². The molecule has 2 aromatic carbocycles. The van der Waals surface area contributed by atoms with E-state index in [1.54, 1.807) is 21.9 Å². The van der Waals surface area contributed by atoms with Crippen molar-refractivity contribution in [2.45, 2.75) is 38.0 Å². The number of fused-ring (bicyclic) bond motifs is 2. The quantitative estimate of drug-likeness (QED) is 0.495. The molecule has 0 saturated carbocycles. The van der Waals surface area contributed by atoms with Crippen LogP contribution in [0, 0.1) is 18.8 Å². The van der Waals surface area contributed by atoms with E-state index in [-0.39, 0.29) is 43.8 Å². The van der Waals surface area contributed by atoms with Gasteiger partial charge in [0.25, 0.3) is 5.91 Å². The molecule has 2 fully saturated rings. The number of amides is 3. The number of aliphatic hydroxyl groups excluding tert-OH is 1. The molecule has 6 rings (SSSR count). The number of carbonyl (C=O) groups is 3. The fraction of sp³-hybridized carbons (Fsp3) is 0.406. The standard InChI is InChI=1S/C32H34ClN3O6/c1-3-41-22-13-11-21(12-14-22)34-16-5-10-24-25(29(34)38)26-30(39)36(18-7-19-37)28-31(40)35(17-6-15-32(26,28)42-24)27-20(2)8-4-9-23(27)33/h4-6,8-15,24-26,28,37H,3,7,16-19H2,1-2H3/t24-,25+,26-,28?,32-/m0/s1. The second-order valence-corrected chi connectivity index (χ2v) is 11.4. The highest BCUT2D eigenvalue weighted by molar-refractivity contribution is 6.34. The lowest BCUT2D eigenvalue weighted by atomic mass is 9.77. The van der Waals surface area contributed by atoms with Crippen LogP contribution in [0.3, 0.4) is 0 Å². The summed E-state index contributed by atoms with van der Waals surface area (Å²) >= 11 is 6.59. The predicted molar refractivity (Wildman–Crippen MR) is 159 cm³/mol. The number of hydrogen-bond acceptors (Lipinski definition) is 6. The molecule has 3 amide bonds. The van der Waals surface area contributed by atoms with Crippen molar-refractivity contribution < 1.29 is 29.0 Å². The van der Waals surface area contributed by atoms with Crippen molar-refractivity contribution in [1.29, 1.82) is 0 Å². The first-order valence-corrected chi connectivity index (χ1v) is 14.7. The van der Waals surface area contributed by atoms with E-state index in [0.717, 1.165) is 5.56 Å². The molecule has 1 unspecified atom stereocenters. The first kappa shape index (κ1) is 28.5. The Hall–Kier alpha value is -3.66. The highest BCUT2D eigenvalue weighted by Crippen LogP contribution is 2.54. The second kappa shape index (κ2) is 11.2. The van der Waals surface area contributed by atoms with Gasteiger partial charge in [-0.2, -0.15) is 0 Å². The Labute approximate surface area is 249 Å². The molecule has 1 spiro atoms.